The standard InChI is InChI=1S/C29H29F3N2O2/c1-28(2)19-34(27(21-10-4-3-5-11-21)23-13-6-7-14-24(23)28)26(36)16-15-25(35)33-18-20-9-8-12-22(17-20)29(30,31)32/h3-14,17,27H,15-16,18-19H2,1-2H3,(H,33,35). The van der Waals surface area contributed by atoms with Crippen molar-refractivity contribution in [2.45, 2.75) is 50.9 Å². The molecule has 0 saturated heterocycles. The van der Waals surface area contributed by atoms with Crippen LogP contribution in [0.5, 0.6) is 0 Å². The van der Waals surface area contributed by atoms with Gasteiger partial charge in [0.2, 0.25) is 11.8 Å². The molecule has 0 spiro atoms. The van der Waals surface area contributed by atoms with Crippen LogP contribution in [0, 0.1) is 0 Å². The summed E-state index contributed by atoms with van der Waals surface area (Å²) in [5, 5.41) is 2.63. The fourth-order valence-electron chi connectivity index (χ4n) is 4.86. The van der Waals surface area contributed by atoms with E-state index in [4.69, 9.17) is 0 Å². The second-order valence-corrected chi connectivity index (χ2v) is 9.78. The number of carbonyl (C=O) groups is 2. The lowest BCUT2D eigenvalue weighted by atomic mass is 9.74. The summed E-state index contributed by atoms with van der Waals surface area (Å²) < 4.78 is 38.8. The van der Waals surface area contributed by atoms with Gasteiger partial charge < -0.3 is 10.2 Å². The monoisotopic (exact) mass is 494 g/mol. The van der Waals surface area contributed by atoms with E-state index in [0.717, 1.165) is 23.3 Å². The summed E-state index contributed by atoms with van der Waals surface area (Å²) in [5.74, 6) is -0.519. The summed E-state index contributed by atoms with van der Waals surface area (Å²) in [6, 6.07) is 22.6. The molecule has 1 heterocycles. The zero-order valence-electron chi connectivity index (χ0n) is 20.3. The number of halogens is 3. The number of benzene rings is 3. The molecule has 1 atom stereocenters. The van der Waals surface area contributed by atoms with E-state index in [9.17, 15) is 22.8 Å². The number of hydrogen-bond acceptors (Lipinski definition) is 2. The van der Waals surface area contributed by atoms with Gasteiger partial charge in [-0.25, -0.2) is 0 Å². The first kappa shape index (κ1) is 25.5. The van der Waals surface area contributed by atoms with Gasteiger partial charge in [-0.05, 0) is 34.4 Å². The van der Waals surface area contributed by atoms with Gasteiger partial charge in [0, 0.05) is 31.3 Å². The Bertz CT molecular complexity index is 1240. The van der Waals surface area contributed by atoms with Crippen LogP contribution in [0.3, 0.4) is 0 Å². The first-order chi connectivity index (χ1) is 17.1. The van der Waals surface area contributed by atoms with E-state index in [1.165, 1.54) is 17.7 Å². The number of amides is 2. The molecule has 0 aliphatic carbocycles. The van der Waals surface area contributed by atoms with Crippen LogP contribution in [-0.4, -0.2) is 23.3 Å². The van der Waals surface area contributed by atoms with E-state index in [-0.39, 0.29) is 42.7 Å². The molecule has 36 heavy (non-hydrogen) atoms. The van der Waals surface area contributed by atoms with E-state index in [1.54, 1.807) is 0 Å². The lowest BCUT2D eigenvalue weighted by Crippen LogP contribution is -2.48. The van der Waals surface area contributed by atoms with Crippen LogP contribution in [0.15, 0.2) is 78.9 Å². The van der Waals surface area contributed by atoms with Gasteiger partial charge in [0.05, 0.1) is 11.6 Å². The molecule has 2 amide bonds. The molecule has 0 saturated carbocycles. The Balaban J connectivity index is 1.45. The second-order valence-electron chi connectivity index (χ2n) is 9.78. The molecule has 0 radical (unpaired) electrons. The largest absolute Gasteiger partial charge is 0.416 e. The van der Waals surface area contributed by atoms with E-state index in [2.05, 4.69) is 31.3 Å². The highest BCUT2D eigenvalue weighted by atomic mass is 19.4. The van der Waals surface area contributed by atoms with Crippen LogP contribution in [0.25, 0.3) is 0 Å². The first-order valence-electron chi connectivity index (χ1n) is 11.9. The Morgan fingerprint density at radius 2 is 1.64 bits per heavy atom. The minimum Gasteiger partial charge on any atom is -0.352 e. The van der Waals surface area contributed by atoms with Gasteiger partial charge in [0.15, 0.2) is 0 Å². The SMILES string of the molecule is CC1(C)CN(C(=O)CCC(=O)NCc2cccc(C(F)(F)F)c2)C(c2ccccc2)c2ccccc21. The molecule has 1 aliphatic heterocycles. The van der Waals surface area contributed by atoms with Crippen LogP contribution >= 0.6 is 0 Å². The molecule has 1 aliphatic rings. The number of nitrogens with zero attached hydrogens (tertiary/aromatic N) is 1. The van der Waals surface area contributed by atoms with Gasteiger partial charge in [-0.2, -0.15) is 13.2 Å². The molecular weight excluding hydrogens is 465 g/mol. The quantitative estimate of drug-likeness (QED) is 0.456. The normalized spacial score (nSPS) is 16.8. The summed E-state index contributed by atoms with van der Waals surface area (Å²) in [5.41, 5.74) is 2.60. The van der Waals surface area contributed by atoms with Crippen LogP contribution in [0.1, 0.15) is 60.5 Å². The molecular formula is C29H29F3N2O2. The number of rotatable bonds is 6. The minimum absolute atomic E-state index is 0.00993. The fraction of sp³-hybridized carbons (Fsp3) is 0.310. The molecule has 188 valence electrons. The molecule has 7 heteroatoms. The Labute approximate surface area is 209 Å². The van der Waals surface area contributed by atoms with Gasteiger partial charge in [0.25, 0.3) is 0 Å². The molecule has 3 aromatic rings. The van der Waals surface area contributed by atoms with Crippen molar-refractivity contribution in [1.82, 2.24) is 10.2 Å². The second kappa shape index (κ2) is 10.2. The molecule has 1 N–H and O–H groups in total. The predicted molar refractivity (Wildman–Crippen MR) is 132 cm³/mol. The van der Waals surface area contributed by atoms with Gasteiger partial charge in [-0.15, -0.1) is 0 Å². The molecule has 1 unspecified atom stereocenters. The lowest BCUT2D eigenvalue weighted by molar-refractivity contribution is -0.137. The van der Waals surface area contributed by atoms with Crippen molar-refractivity contribution in [3.63, 3.8) is 0 Å². The third-order valence-electron chi connectivity index (χ3n) is 6.61. The van der Waals surface area contributed by atoms with E-state index in [1.807, 2.05) is 47.4 Å². The van der Waals surface area contributed by atoms with Crippen LogP contribution in [0.4, 0.5) is 13.2 Å². The third kappa shape index (κ3) is 5.61. The van der Waals surface area contributed by atoms with Crippen LogP contribution < -0.4 is 5.32 Å². The van der Waals surface area contributed by atoms with E-state index in [0.29, 0.717) is 12.1 Å². The van der Waals surface area contributed by atoms with Crippen molar-refractivity contribution in [1.29, 1.82) is 0 Å². The highest BCUT2D eigenvalue weighted by molar-refractivity contribution is 5.84. The topological polar surface area (TPSA) is 49.4 Å². The smallest absolute Gasteiger partial charge is 0.352 e. The zero-order chi connectivity index (χ0) is 25.9. The van der Waals surface area contributed by atoms with Crippen molar-refractivity contribution < 1.29 is 22.8 Å². The molecule has 4 rings (SSSR count). The summed E-state index contributed by atoms with van der Waals surface area (Å²) in [4.78, 5) is 27.7. The predicted octanol–water partition coefficient (Wildman–Crippen LogP) is 6.01. The molecule has 4 nitrogen and oxygen atoms in total. The summed E-state index contributed by atoms with van der Waals surface area (Å²) >= 11 is 0. The maximum absolute atomic E-state index is 13.4. The maximum atomic E-state index is 13.4. The number of alkyl halides is 3. The van der Waals surface area contributed by atoms with Crippen molar-refractivity contribution >= 4 is 11.8 Å². The highest BCUT2D eigenvalue weighted by Gasteiger charge is 2.40. The Kier molecular flexibility index (Phi) is 7.20. The Hall–Kier alpha value is -3.61. The first-order valence-corrected chi connectivity index (χ1v) is 11.9. The third-order valence-corrected chi connectivity index (χ3v) is 6.61. The maximum Gasteiger partial charge on any atom is 0.416 e. The lowest BCUT2D eigenvalue weighted by Gasteiger charge is -2.45. The van der Waals surface area contributed by atoms with Gasteiger partial charge in [-0.3, -0.25) is 9.59 Å². The van der Waals surface area contributed by atoms with Gasteiger partial charge in [0.1, 0.15) is 0 Å². The zero-order valence-corrected chi connectivity index (χ0v) is 20.3. The van der Waals surface area contributed by atoms with Gasteiger partial charge in [-0.1, -0.05) is 80.6 Å². The molecule has 0 bridgehead atoms. The molecule has 0 fully saturated rings. The average Bonchev–Trinajstić information content (AvgIpc) is 2.86. The van der Waals surface area contributed by atoms with Crippen molar-refractivity contribution in [3.05, 3.63) is 107 Å². The average molecular weight is 495 g/mol. The van der Waals surface area contributed by atoms with Gasteiger partial charge >= 0.3 is 6.18 Å². The summed E-state index contributed by atoms with van der Waals surface area (Å²) in [7, 11) is 0. The summed E-state index contributed by atoms with van der Waals surface area (Å²) in [6.07, 6.45) is -4.48. The number of hydrogen-bond donors (Lipinski definition) is 1. The molecule has 3 aromatic carbocycles. The van der Waals surface area contributed by atoms with E-state index >= 15 is 0 Å². The number of carbonyl (C=O) groups excluding carboxylic acids is 2. The van der Waals surface area contributed by atoms with Crippen molar-refractivity contribution in [2.24, 2.45) is 0 Å². The van der Waals surface area contributed by atoms with Crippen molar-refractivity contribution in [2.75, 3.05) is 6.54 Å². The Morgan fingerprint density at radius 1 is 0.944 bits per heavy atom. The summed E-state index contributed by atoms with van der Waals surface area (Å²) in [6.45, 7) is 4.69. The fourth-order valence-corrected chi connectivity index (χ4v) is 4.86. The van der Waals surface area contributed by atoms with Crippen LogP contribution in [-0.2, 0) is 27.7 Å². The van der Waals surface area contributed by atoms with Crippen molar-refractivity contribution in [3.8, 4) is 0 Å². The molecule has 0 aromatic heterocycles. The highest BCUT2D eigenvalue weighted by Crippen LogP contribution is 2.42. The number of fused-ring (bicyclic) bond motifs is 1. The minimum atomic E-state index is -4.44. The van der Waals surface area contributed by atoms with Crippen LogP contribution in [0.2, 0.25) is 0 Å². The van der Waals surface area contributed by atoms with E-state index < -0.39 is 11.7 Å². The number of nitrogens with one attached hydrogen (secondary N) is 1. The Morgan fingerprint density at radius 3 is 2.36 bits per heavy atom.